The van der Waals surface area contributed by atoms with Crippen molar-refractivity contribution in [3.8, 4) is 0 Å². The van der Waals surface area contributed by atoms with E-state index in [1.165, 1.54) is 31.9 Å². The first-order chi connectivity index (χ1) is 11.2. The highest BCUT2D eigenvalue weighted by atomic mass is 16.6. The molecule has 0 saturated carbocycles. The van der Waals surface area contributed by atoms with Crippen LogP contribution in [-0.4, -0.2) is 47.0 Å². The molecule has 1 aromatic heterocycles. The maximum atomic E-state index is 10.9. The summed E-state index contributed by atoms with van der Waals surface area (Å²) in [5, 5.41) is 11.7. The van der Waals surface area contributed by atoms with Gasteiger partial charge in [-0.2, -0.15) is 0 Å². The number of non-ortho nitro benzene ring substituents is 1. The van der Waals surface area contributed by atoms with Crippen molar-refractivity contribution >= 4 is 22.4 Å². The zero-order valence-corrected chi connectivity index (χ0v) is 13.0. The van der Waals surface area contributed by atoms with E-state index in [1.54, 1.807) is 12.1 Å². The molecule has 0 bridgehead atoms. The summed E-state index contributed by atoms with van der Waals surface area (Å²) in [4.78, 5) is 20.2. The number of aromatic nitrogens is 1. The van der Waals surface area contributed by atoms with Gasteiger partial charge in [0.25, 0.3) is 5.69 Å². The van der Waals surface area contributed by atoms with E-state index in [-0.39, 0.29) is 10.6 Å². The Kier molecular flexibility index (Phi) is 3.61. The summed E-state index contributed by atoms with van der Waals surface area (Å²) in [6, 6.07) is 9.44. The van der Waals surface area contributed by atoms with Gasteiger partial charge >= 0.3 is 0 Å². The van der Waals surface area contributed by atoms with E-state index >= 15 is 0 Å². The van der Waals surface area contributed by atoms with Crippen molar-refractivity contribution in [2.45, 2.75) is 25.3 Å². The average molecular weight is 312 g/mol. The third kappa shape index (κ3) is 2.74. The molecule has 0 radical (unpaired) electrons. The van der Waals surface area contributed by atoms with Gasteiger partial charge in [-0.1, -0.05) is 6.42 Å². The number of hydrogen-bond acceptors (Lipinski definition) is 5. The van der Waals surface area contributed by atoms with Crippen LogP contribution in [0.3, 0.4) is 0 Å². The molecule has 0 spiro atoms. The molecule has 6 heteroatoms. The number of fused-ring (bicyclic) bond motifs is 2. The fraction of sp³-hybridized carbons (Fsp3) is 0.471. The molecule has 0 aliphatic carbocycles. The Labute approximate surface area is 134 Å². The molecular weight excluding hydrogens is 292 g/mol. The maximum absolute atomic E-state index is 10.9. The zero-order chi connectivity index (χ0) is 15.8. The first-order valence-electron chi connectivity index (χ1n) is 8.25. The van der Waals surface area contributed by atoms with Gasteiger partial charge in [0.2, 0.25) is 0 Å². The van der Waals surface area contributed by atoms with Crippen molar-refractivity contribution in [3.63, 3.8) is 0 Å². The van der Waals surface area contributed by atoms with Gasteiger partial charge in [0.05, 0.1) is 10.4 Å². The van der Waals surface area contributed by atoms with Gasteiger partial charge in [-0.05, 0) is 37.6 Å². The standard InChI is InChI=1S/C17H20N4O2/c22-21(23)14-5-6-16-13(11-14)4-7-17(18-16)20-10-9-19-8-2-1-3-15(19)12-20/h4-7,11,15H,1-3,8-10,12H2. The quantitative estimate of drug-likeness (QED) is 0.630. The highest BCUT2D eigenvalue weighted by Gasteiger charge is 2.29. The van der Waals surface area contributed by atoms with Crippen molar-refractivity contribution in [1.82, 2.24) is 9.88 Å². The van der Waals surface area contributed by atoms with E-state index in [0.29, 0.717) is 6.04 Å². The van der Waals surface area contributed by atoms with Crippen LogP contribution >= 0.6 is 0 Å². The lowest BCUT2D eigenvalue weighted by Gasteiger charge is -2.44. The lowest BCUT2D eigenvalue weighted by atomic mass is 9.99. The first kappa shape index (κ1) is 14.4. The number of pyridine rings is 1. The van der Waals surface area contributed by atoms with Crippen LogP contribution in [0.25, 0.3) is 10.9 Å². The second-order valence-corrected chi connectivity index (χ2v) is 6.44. The van der Waals surface area contributed by atoms with Crippen LogP contribution < -0.4 is 4.90 Å². The molecule has 6 nitrogen and oxygen atoms in total. The number of rotatable bonds is 2. The predicted octanol–water partition coefficient (Wildman–Crippen LogP) is 2.82. The number of benzene rings is 1. The third-order valence-electron chi connectivity index (χ3n) is 5.03. The van der Waals surface area contributed by atoms with E-state index in [9.17, 15) is 10.1 Å². The Bertz CT molecular complexity index is 748. The van der Waals surface area contributed by atoms with E-state index in [4.69, 9.17) is 4.98 Å². The van der Waals surface area contributed by atoms with Crippen LogP contribution in [0.15, 0.2) is 30.3 Å². The Morgan fingerprint density at radius 2 is 2.04 bits per heavy atom. The topological polar surface area (TPSA) is 62.5 Å². The third-order valence-corrected chi connectivity index (χ3v) is 5.03. The summed E-state index contributed by atoms with van der Waals surface area (Å²) in [7, 11) is 0. The second kappa shape index (κ2) is 5.77. The fourth-order valence-corrected chi connectivity index (χ4v) is 3.76. The SMILES string of the molecule is O=[N+]([O-])c1ccc2nc(N3CCN4CCCCC4C3)ccc2c1. The van der Waals surface area contributed by atoms with Gasteiger partial charge in [-0.15, -0.1) is 0 Å². The van der Waals surface area contributed by atoms with Crippen LogP contribution in [0.2, 0.25) is 0 Å². The van der Waals surface area contributed by atoms with Crippen molar-refractivity contribution in [1.29, 1.82) is 0 Å². The van der Waals surface area contributed by atoms with Crippen molar-refractivity contribution < 1.29 is 4.92 Å². The highest BCUT2D eigenvalue weighted by molar-refractivity contribution is 5.82. The first-order valence-corrected chi connectivity index (χ1v) is 8.25. The summed E-state index contributed by atoms with van der Waals surface area (Å²) in [6.07, 6.45) is 3.92. The highest BCUT2D eigenvalue weighted by Crippen LogP contribution is 2.26. The van der Waals surface area contributed by atoms with Crippen LogP contribution in [-0.2, 0) is 0 Å². The van der Waals surface area contributed by atoms with E-state index in [0.717, 1.165) is 36.4 Å². The van der Waals surface area contributed by atoms with Gasteiger partial charge in [-0.3, -0.25) is 15.0 Å². The Morgan fingerprint density at radius 1 is 1.13 bits per heavy atom. The maximum Gasteiger partial charge on any atom is 0.270 e. The van der Waals surface area contributed by atoms with Crippen molar-refractivity contribution in [3.05, 3.63) is 40.4 Å². The van der Waals surface area contributed by atoms with Gasteiger partial charge < -0.3 is 4.90 Å². The summed E-state index contributed by atoms with van der Waals surface area (Å²) >= 11 is 0. The van der Waals surface area contributed by atoms with E-state index < -0.39 is 0 Å². The van der Waals surface area contributed by atoms with E-state index in [2.05, 4.69) is 9.80 Å². The van der Waals surface area contributed by atoms with Gasteiger partial charge in [0.15, 0.2) is 0 Å². The molecule has 1 unspecified atom stereocenters. The minimum atomic E-state index is -0.365. The van der Waals surface area contributed by atoms with Crippen molar-refractivity contribution in [2.24, 2.45) is 0 Å². The molecule has 2 aliphatic heterocycles. The normalized spacial score (nSPS) is 22.1. The van der Waals surface area contributed by atoms with E-state index in [1.807, 2.05) is 12.1 Å². The number of piperidine rings is 1. The summed E-state index contributed by atoms with van der Waals surface area (Å²) in [6.45, 7) is 4.37. The minimum Gasteiger partial charge on any atom is -0.354 e. The smallest absolute Gasteiger partial charge is 0.270 e. The summed E-state index contributed by atoms with van der Waals surface area (Å²) < 4.78 is 0. The zero-order valence-electron chi connectivity index (χ0n) is 13.0. The number of hydrogen-bond donors (Lipinski definition) is 0. The number of piperazine rings is 1. The number of nitrogens with zero attached hydrogens (tertiary/aromatic N) is 4. The lowest BCUT2D eigenvalue weighted by molar-refractivity contribution is -0.384. The number of anilines is 1. The molecule has 1 aromatic carbocycles. The Balaban J connectivity index is 1.59. The predicted molar refractivity (Wildman–Crippen MR) is 89.8 cm³/mol. The monoisotopic (exact) mass is 312 g/mol. The molecule has 2 aliphatic rings. The van der Waals surface area contributed by atoms with Crippen molar-refractivity contribution in [2.75, 3.05) is 31.1 Å². The number of nitro benzene ring substituents is 1. The minimum absolute atomic E-state index is 0.114. The lowest BCUT2D eigenvalue weighted by Crippen LogP contribution is -2.55. The Morgan fingerprint density at radius 3 is 2.91 bits per heavy atom. The largest absolute Gasteiger partial charge is 0.354 e. The van der Waals surface area contributed by atoms with Crippen LogP contribution in [0.4, 0.5) is 11.5 Å². The van der Waals surface area contributed by atoms with Crippen LogP contribution in [0, 0.1) is 10.1 Å². The summed E-state index contributed by atoms with van der Waals surface area (Å²) in [5.74, 6) is 0.983. The molecule has 2 saturated heterocycles. The van der Waals surface area contributed by atoms with Crippen LogP contribution in [0.5, 0.6) is 0 Å². The molecular formula is C17H20N4O2. The molecule has 2 aromatic rings. The summed E-state index contributed by atoms with van der Waals surface area (Å²) in [5.41, 5.74) is 0.932. The molecule has 2 fully saturated rings. The molecule has 120 valence electrons. The second-order valence-electron chi connectivity index (χ2n) is 6.44. The van der Waals surface area contributed by atoms with Gasteiger partial charge in [0.1, 0.15) is 5.82 Å². The van der Waals surface area contributed by atoms with Gasteiger partial charge in [0, 0.05) is 43.2 Å². The molecule has 1 atom stereocenters. The molecule has 0 amide bonds. The molecule has 0 N–H and O–H groups in total. The van der Waals surface area contributed by atoms with Gasteiger partial charge in [-0.25, -0.2) is 4.98 Å². The fourth-order valence-electron chi connectivity index (χ4n) is 3.76. The van der Waals surface area contributed by atoms with Crippen LogP contribution in [0.1, 0.15) is 19.3 Å². The Hall–Kier alpha value is -2.21. The molecule has 23 heavy (non-hydrogen) atoms. The average Bonchev–Trinajstić information content (AvgIpc) is 2.60. The molecule has 3 heterocycles. The number of nitro groups is 1. The molecule has 4 rings (SSSR count).